The van der Waals surface area contributed by atoms with E-state index < -0.39 is 18.0 Å². The van der Waals surface area contributed by atoms with Gasteiger partial charge in [0, 0.05) is 16.6 Å². The van der Waals surface area contributed by atoms with Crippen molar-refractivity contribution >= 4 is 35.1 Å². The molecule has 2 aromatic rings. The van der Waals surface area contributed by atoms with E-state index in [4.69, 9.17) is 37.4 Å². The molecule has 1 atom stereocenters. The number of rotatable bonds is 6. The van der Waals surface area contributed by atoms with Gasteiger partial charge in [-0.05, 0) is 42.3 Å². The highest BCUT2D eigenvalue weighted by Crippen LogP contribution is 2.32. The van der Waals surface area contributed by atoms with E-state index in [2.05, 4.69) is 5.32 Å². The van der Waals surface area contributed by atoms with Crippen LogP contribution < -0.4 is 14.8 Å². The summed E-state index contributed by atoms with van der Waals surface area (Å²) in [6.45, 7) is 1.98. The Balaban J connectivity index is 1.49. The summed E-state index contributed by atoms with van der Waals surface area (Å²) in [5.74, 6) is 0.363. The predicted molar refractivity (Wildman–Crippen MR) is 100 cm³/mol. The molecule has 142 valence electrons. The standard InChI is InChI=1S/C19H17Cl2NO5/c1-11(27-18(23)7-13-3-4-14(20)8-15(13)21)19(24)22-9-12-2-5-16-17(6-12)26-10-25-16/h2-6,8,11H,7,9-10H2,1H3,(H,22,24)/t11-/m1/s1. The summed E-state index contributed by atoms with van der Waals surface area (Å²) in [6, 6.07) is 10.2. The highest BCUT2D eigenvalue weighted by Gasteiger charge is 2.19. The molecule has 3 rings (SSSR count). The minimum atomic E-state index is -0.933. The highest BCUT2D eigenvalue weighted by atomic mass is 35.5. The third-order valence-electron chi connectivity index (χ3n) is 3.93. The largest absolute Gasteiger partial charge is 0.454 e. The Morgan fingerprint density at radius 3 is 2.70 bits per heavy atom. The molecule has 0 bridgehead atoms. The number of ether oxygens (including phenoxy) is 3. The van der Waals surface area contributed by atoms with Gasteiger partial charge in [0.2, 0.25) is 6.79 Å². The zero-order chi connectivity index (χ0) is 19.4. The van der Waals surface area contributed by atoms with Crippen molar-refractivity contribution in [3.8, 4) is 11.5 Å². The molecule has 8 heteroatoms. The lowest BCUT2D eigenvalue weighted by molar-refractivity contribution is -0.154. The first kappa shape index (κ1) is 19.3. The number of nitrogens with one attached hydrogen (secondary N) is 1. The Morgan fingerprint density at radius 2 is 1.93 bits per heavy atom. The normalized spacial score (nSPS) is 13.1. The van der Waals surface area contributed by atoms with E-state index in [1.807, 2.05) is 6.07 Å². The minimum Gasteiger partial charge on any atom is -0.454 e. The fourth-order valence-electron chi connectivity index (χ4n) is 2.50. The van der Waals surface area contributed by atoms with E-state index in [1.165, 1.54) is 6.92 Å². The number of hydrogen-bond donors (Lipinski definition) is 1. The van der Waals surface area contributed by atoms with E-state index >= 15 is 0 Å². The van der Waals surface area contributed by atoms with Crippen LogP contribution >= 0.6 is 23.2 Å². The van der Waals surface area contributed by atoms with Crippen LogP contribution in [0, 0.1) is 0 Å². The first-order valence-electron chi connectivity index (χ1n) is 8.22. The monoisotopic (exact) mass is 409 g/mol. The molecular formula is C19H17Cl2NO5. The highest BCUT2D eigenvalue weighted by molar-refractivity contribution is 6.35. The summed E-state index contributed by atoms with van der Waals surface area (Å²) in [5.41, 5.74) is 1.43. The number of carbonyl (C=O) groups excluding carboxylic acids is 2. The van der Waals surface area contributed by atoms with Crippen molar-refractivity contribution in [3.05, 3.63) is 57.6 Å². The van der Waals surface area contributed by atoms with Crippen molar-refractivity contribution in [2.75, 3.05) is 6.79 Å². The molecule has 1 aliphatic heterocycles. The topological polar surface area (TPSA) is 73.9 Å². The Morgan fingerprint density at radius 1 is 1.15 bits per heavy atom. The number of fused-ring (bicyclic) bond motifs is 1. The number of amides is 1. The molecule has 2 aromatic carbocycles. The quantitative estimate of drug-likeness (QED) is 0.738. The molecule has 0 fully saturated rings. The molecule has 0 spiro atoms. The van der Waals surface area contributed by atoms with Crippen molar-refractivity contribution < 1.29 is 23.8 Å². The molecular weight excluding hydrogens is 393 g/mol. The van der Waals surface area contributed by atoms with Gasteiger partial charge >= 0.3 is 5.97 Å². The summed E-state index contributed by atoms with van der Waals surface area (Å²) >= 11 is 11.9. The maximum atomic E-state index is 12.2. The second kappa shape index (κ2) is 8.50. The summed E-state index contributed by atoms with van der Waals surface area (Å²) < 4.78 is 15.7. The zero-order valence-electron chi connectivity index (χ0n) is 14.5. The molecule has 27 heavy (non-hydrogen) atoms. The average Bonchev–Trinajstić information content (AvgIpc) is 3.09. The van der Waals surface area contributed by atoms with Crippen LogP contribution in [-0.4, -0.2) is 24.8 Å². The minimum absolute atomic E-state index is 0.0459. The molecule has 0 radical (unpaired) electrons. The van der Waals surface area contributed by atoms with Crippen LogP contribution in [0.15, 0.2) is 36.4 Å². The van der Waals surface area contributed by atoms with Gasteiger partial charge in [-0.2, -0.15) is 0 Å². The smallest absolute Gasteiger partial charge is 0.311 e. The van der Waals surface area contributed by atoms with Crippen molar-refractivity contribution in [1.82, 2.24) is 5.32 Å². The van der Waals surface area contributed by atoms with Crippen LogP contribution in [-0.2, 0) is 27.3 Å². The summed E-state index contributed by atoms with van der Waals surface area (Å²) in [7, 11) is 0. The first-order chi connectivity index (χ1) is 12.9. The van der Waals surface area contributed by atoms with Gasteiger partial charge in [0.1, 0.15) is 0 Å². The van der Waals surface area contributed by atoms with Gasteiger partial charge in [0.05, 0.1) is 6.42 Å². The molecule has 0 aliphatic carbocycles. The van der Waals surface area contributed by atoms with Crippen molar-refractivity contribution in [2.45, 2.75) is 26.0 Å². The fraction of sp³-hybridized carbons (Fsp3) is 0.263. The molecule has 0 aromatic heterocycles. The Kier molecular flexibility index (Phi) is 6.08. The Bertz CT molecular complexity index is 871. The zero-order valence-corrected chi connectivity index (χ0v) is 16.0. The van der Waals surface area contributed by atoms with E-state index in [9.17, 15) is 9.59 Å². The number of benzene rings is 2. The van der Waals surface area contributed by atoms with Crippen LogP contribution in [0.25, 0.3) is 0 Å². The van der Waals surface area contributed by atoms with Crippen LogP contribution in [0.3, 0.4) is 0 Å². The second-order valence-corrected chi connectivity index (χ2v) is 6.79. The number of halogens is 2. The van der Waals surface area contributed by atoms with Crippen LogP contribution in [0.2, 0.25) is 10.0 Å². The van der Waals surface area contributed by atoms with Crippen molar-refractivity contribution in [1.29, 1.82) is 0 Å². The molecule has 1 N–H and O–H groups in total. The van der Waals surface area contributed by atoms with E-state index in [0.29, 0.717) is 27.1 Å². The maximum Gasteiger partial charge on any atom is 0.311 e. The lowest BCUT2D eigenvalue weighted by atomic mass is 10.1. The van der Waals surface area contributed by atoms with Crippen LogP contribution in [0.1, 0.15) is 18.1 Å². The molecule has 1 amide bonds. The van der Waals surface area contributed by atoms with E-state index in [1.54, 1.807) is 30.3 Å². The molecule has 6 nitrogen and oxygen atoms in total. The molecule has 1 aliphatic rings. The number of hydrogen-bond acceptors (Lipinski definition) is 5. The van der Waals surface area contributed by atoms with Crippen LogP contribution in [0.5, 0.6) is 11.5 Å². The lowest BCUT2D eigenvalue weighted by Crippen LogP contribution is -2.35. The van der Waals surface area contributed by atoms with Crippen molar-refractivity contribution in [3.63, 3.8) is 0 Å². The van der Waals surface area contributed by atoms with Gasteiger partial charge < -0.3 is 19.5 Å². The predicted octanol–water partition coefficient (Wildman–Crippen LogP) is 3.51. The van der Waals surface area contributed by atoms with Crippen LogP contribution in [0.4, 0.5) is 0 Å². The van der Waals surface area contributed by atoms with E-state index in [-0.39, 0.29) is 19.8 Å². The second-order valence-electron chi connectivity index (χ2n) is 5.95. The van der Waals surface area contributed by atoms with Gasteiger partial charge in [-0.25, -0.2) is 0 Å². The molecule has 0 saturated heterocycles. The van der Waals surface area contributed by atoms with Gasteiger partial charge in [-0.1, -0.05) is 35.3 Å². The third-order valence-corrected chi connectivity index (χ3v) is 4.52. The molecule has 0 unspecified atom stereocenters. The number of carbonyl (C=O) groups is 2. The van der Waals surface area contributed by atoms with Gasteiger partial charge in [-0.3, -0.25) is 9.59 Å². The summed E-state index contributed by atoms with van der Waals surface area (Å²) in [5, 5.41) is 3.58. The fourth-order valence-corrected chi connectivity index (χ4v) is 2.97. The summed E-state index contributed by atoms with van der Waals surface area (Å²) in [6.07, 6.45) is -0.979. The first-order valence-corrected chi connectivity index (χ1v) is 8.97. The van der Waals surface area contributed by atoms with Gasteiger partial charge in [0.15, 0.2) is 17.6 Å². The number of esters is 1. The van der Waals surface area contributed by atoms with Gasteiger partial charge in [0.25, 0.3) is 5.91 Å². The summed E-state index contributed by atoms with van der Waals surface area (Å²) in [4.78, 5) is 24.2. The SMILES string of the molecule is C[C@@H](OC(=O)Cc1ccc(Cl)cc1Cl)C(=O)NCc1ccc2c(c1)OCO2. The molecule has 0 saturated carbocycles. The van der Waals surface area contributed by atoms with Crippen molar-refractivity contribution in [2.24, 2.45) is 0 Å². The average molecular weight is 410 g/mol. The maximum absolute atomic E-state index is 12.2. The third kappa shape index (κ3) is 5.05. The molecule has 1 heterocycles. The Labute approximate surface area is 166 Å². The van der Waals surface area contributed by atoms with Gasteiger partial charge in [-0.15, -0.1) is 0 Å². The van der Waals surface area contributed by atoms with E-state index in [0.717, 1.165) is 5.56 Å². The Hall–Kier alpha value is -2.44. The lowest BCUT2D eigenvalue weighted by Gasteiger charge is -2.14.